The molecule has 0 aliphatic rings. The molecule has 0 radical (unpaired) electrons. The molecule has 1 aromatic carbocycles. The smallest absolute Gasteiger partial charge is 0.153 e. The third-order valence-corrected chi connectivity index (χ3v) is 3.83. The van der Waals surface area contributed by atoms with Crippen molar-refractivity contribution in [3.8, 4) is 5.82 Å². The number of nitrogens with one attached hydrogen (secondary N) is 1. The third-order valence-electron chi connectivity index (χ3n) is 2.99. The SMILES string of the molecule is Clc1cc(Br)ccc1CNc1ccc(-n2cccn2)nc1. The first-order chi connectivity index (χ1) is 10.2. The lowest BCUT2D eigenvalue weighted by Crippen LogP contribution is -2.02. The first-order valence-corrected chi connectivity index (χ1v) is 7.53. The lowest BCUT2D eigenvalue weighted by molar-refractivity contribution is 0.847. The summed E-state index contributed by atoms with van der Waals surface area (Å²) in [6, 6.07) is 11.6. The molecule has 0 aliphatic heterocycles. The molecular weight excluding hydrogens is 352 g/mol. The first-order valence-electron chi connectivity index (χ1n) is 6.36. The van der Waals surface area contributed by atoms with E-state index >= 15 is 0 Å². The van der Waals surface area contributed by atoms with Crippen molar-refractivity contribution in [2.75, 3.05) is 5.32 Å². The maximum atomic E-state index is 6.19. The molecule has 1 N–H and O–H groups in total. The number of pyridine rings is 1. The highest BCUT2D eigenvalue weighted by atomic mass is 79.9. The van der Waals surface area contributed by atoms with Crippen LogP contribution in [0.5, 0.6) is 0 Å². The van der Waals surface area contributed by atoms with Gasteiger partial charge in [-0.25, -0.2) is 9.67 Å². The van der Waals surface area contributed by atoms with Gasteiger partial charge in [0.25, 0.3) is 0 Å². The van der Waals surface area contributed by atoms with E-state index in [-0.39, 0.29) is 0 Å². The van der Waals surface area contributed by atoms with Gasteiger partial charge in [0.15, 0.2) is 5.82 Å². The Morgan fingerprint density at radius 2 is 2.14 bits per heavy atom. The summed E-state index contributed by atoms with van der Waals surface area (Å²) in [7, 11) is 0. The molecule has 0 saturated carbocycles. The number of nitrogens with zero attached hydrogens (tertiary/aromatic N) is 3. The molecule has 0 bridgehead atoms. The summed E-state index contributed by atoms with van der Waals surface area (Å²) in [6.07, 6.45) is 5.37. The van der Waals surface area contributed by atoms with E-state index in [9.17, 15) is 0 Å². The van der Waals surface area contributed by atoms with Gasteiger partial charge in [0, 0.05) is 28.4 Å². The Hall–Kier alpha value is -1.85. The Morgan fingerprint density at radius 1 is 1.24 bits per heavy atom. The Bertz CT molecular complexity index is 726. The van der Waals surface area contributed by atoms with Gasteiger partial charge >= 0.3 is 0 Å². The van der Waals surface area contributed by atoms with Crippen LogP contribution in [-0.2, 0) is 6.54 Å². The fraction of sp³-hybridized carbons (Fsp3) is 0.0667. The van der Waals surface area contributed by atoms with E-state index in [1.807, 2.05) is 42.6 Å². The van der Waals surface area contributed by atoms with E-state index in [1.165, 1.54) is 0 Å². The van der Waals surface area contributed by atoms with Crippen molar-refractivity contribution in [1.82, 2.24) is 14.8 Å². The minimum atomic E-state index is 0.648. The lowest BCUT2D eigenvalue weighted by atomic mass is 10.2. The van der Waals surface area contributed by atoms with E-state index in [2.05, 4.69) is 31.3 Å². The fourth-order valence-electron chi connectivity index (χ4n) is 1.89. The van der Waals surface area contributed by atoms with Crippen LogP contribution >= 0.6 is 27.5 Å². The highest BCUT2D eigenvalue weighted by Crippen LogP contribution is 2.22. The molecule has 0 spiro atoms. The first kappa shape index (κ1) is 14.1. The fourth-order valence-corrected chi connectivity index (χ4v) is 2.63. The number of benzene rings is 1. The van der Waals surface area contributed by atoms with E-state index < -0.39 is 0 Å². The van der Waals surface area contributed by atoms with Crippen molar-refractivity contribution in [3.63, 3.8) is 0 Å². The Labute approximate surface area is 135 Å². The maximum Gasteiger partial charge on any atom is 0.153 e. The summed E-state index contributed by atoms with van der Waals surface area (Å²) in [5, 5.41) is 8.18. The average Bonchev–Trinajstić information content (AvgIpc) is 3.01. The summed E-state index contributed by atoms with van der Waals surface area (Å²) in [6.45, 7) is 0.648. The van der Waals surface area contributed by atoms with Crippen LogP contribution in [0.1, 0.15) is 5.56 Å². The number of rotatable bonds is 4. The molecule has 0 aliphatic carbocycles. The number of aromatic nitrogens is 3. The summed E-state index contributed by atoms with van der Waals surface area (Å²) >= 11 is 9.59. The van der Waals surface area contributed by atoms with Crippen molar-refractivity contribution in [1.29, 1.82) is 0 Å². The zero-order valence-electron chi connectivity index (χ0n) is 11.0. The molecule has 3 rings (SSSR count). The molecule has 21 heavy (non-hydrogen) atoms. The third kappa shape index (κ3) is 3.43. The van der Waals surface area contributed by atoms with Crippen LogP contribution in [0.2, 0.25) is 5.02 Å². The molecule has 3 aromatic rings. The van der Waals surface area contributed by atoms with Gasteiger partial charge in [0.05, 0.1) is 11.9 Å². The highest BCUT2D eigenvalue weighted by Gasteiger charge is 2.02. The van der Waals surface area contributed by atoms with Crippen LogP contribution in [0.4, 0.5) is 5.69 Å². The molecule has 0 unspecified atom stereocenters. The van der Waals surface area contributed by atoms with Crippen LogP contribution in [0.15, 0.2) is 59.5 Å². The second kappa shape index (κ2) is 6.28. The van der Waals surface area contributed by atoms with Gasteiger partial charge < -0.3 is 5.32 Å². The molecule has 2 heterocycles. The normalized spacial score (nSPS) is 10.6. The van der Waals surface area contributed by atoms with Crippen LogP contribution in [0.25, 0.3) is 5.82 Å². The quantitative estimate of drug-likeness (QED) is 0.751. The van der Waals surface area contributed by atoms with Crippen molar-refractivity contribution >= 4 is 33.2 Å². The van der Waals surface area contributed by atoms with Crippen LogP contribution in [0.3, 0.4) is 0 Å². The monoisotopic (exact) mass is 362 g/mol. The Kier molecular flexibility index (Phi) is 4.22. The summed E-state index contributed by atoms with van der Waals surface area (Å²) < 4.78 is 2.69. The number of anilines is 1. The van der Waals surface area contributed by atoms with E-state index in [1.54, 1.807) is 17.1 Å². The number of hydrogen-bond acceptors (Lipinski definition) is 3. The molecule has 0 amide bonds. The van der Waals surface area contributed by atoms with Gasteiger partial charge in [-0.15, -0.1) is 0 Å². The van der Waals surface area contributed by atoms with Gasteiger partial charge in [-0.2, -0.15) is 5.10 Å². The lowest BCUT2D eigenvalue weighted by Gasteiger charge is -2.09. The van der Waals surface area contributed by atoms with Crippen LogP contribution in [-0.4, -0.2) is 14.8 Å². The summed E-state index contributed by atoms with van der Waals surface area (Å²) in [5.74, 6) is 0.784. The number of hydrogen-bond donors (Lipinski definition) is 1. The van der Waals surface area contributed by atoms with Gasteiger partial charge in [0.2, 0.25) is 0 Å². The standard InChI is InChI=1S/C15H12BrClN4/c16-12-3-2-11(14(17)8-12)9-18-13-4-5-15(19-10-13)21-7-1-6-20-21/h1-8,10,18H,9H2. The molecule has 0 fully saturated rings. The predicted octanol–water partition coefficient (Wildman–Crippen LogP) is 4.30. The van der Waals surface area contributed by atoms with Gasteiger partial charge in [-0.1, -0.05) is 33.6 Å². The highest BCUT2D eigenvalue weighted by molar-refractivity contribution is 9.10. The zero-order valence-corrected chi connectivity index (χ0v) is 13.3. The number of halogens is 2. The molecule has 0 saturated heterocycles. The molecule has 106 valence electrons. The summed E-state index contributed by atoms with van der Waals surface area (Å²) in [4.78, 5) is 4.37. The largest absolute Gasteiger partial charge is 0.380 e. The van der Waals surface area contributed by atoms with E-state index in [0.29, 0.717) is 6.54 Å². The van der Waals surface area contributed by atoms with Crippen molar-refractivity contribution in [3.05, 3.63) is 70.0 Å². The van der Waals surface area contributed by atoms with Gasteiger partial charge in [-0.3, -0.25) is 0 Å². The molecular formula is C15H12BrClN4. The van der Waals surface area contributed by atoms with Crippen molar-refractivity contribution in [2.24, 2.45) is 0 Å². The predicted molar refractivity (Wildman–Crippen MR) is 87.8 cm³/mol. The maximum absolute atomic E-state index is 6.19. The topological polar surface area (TPSA) is 42.7 Å². The van der Waals surface area contributed by atoms with Gasteiger partial charge in [-0.05, 0) is 35.9 Å². The Balaban J connectivity index is 1.68. The Morgan fingerprint density at radius 3 is 2.81 bits per heavy atom. The molecule has 0 atom stereocenters. The zero-order chi connectivity index (χ0) is 14.7. The van der Waals surface area contributed by atoms with E-state index in [4.69, 9.17) is 11.6 Å². The molecule has 4 nitrogen and oxygen atoms in total. The second-order valence-corrected chi connectivity index (χ2v) is 5.77. The van der Waals surface area contributed by atoms with Gasteiger partial charge in [0.1, 0.15) is 0 Å². The molecule has 6 heteroatoms. The average molecular weight is 364 g/mol. The van der Waals surface area contributed by atoms with Crippen LogP contribution < -0.4 is 5.32 Å². The van der Waals surface area contributed by atoms with Crippen LogP contribution in [0, 0.1) is 0 Å². The summed E-state index contributed by atoms with van der Waals surface area (Å²) in [5.41, 5.74) is 1.97. The van der Waals surface area contributed by atoms with Crippen molar-refractivity contribution in [2.45, 2.75) is 6.54 Å². The molecule has 2 aromatic heterocycles. The minimum absolute atomic E-state index is 0.648. The van der Waals surface area contributed by atoms with Crippen molar-refractivity contribution < 1.29 is 0 Å². The van der Waals surface area contributed by atoms with E-state index in [0.717, 1.165) is 26.6 Å². The minimum Gasteiger partial charge on any atom is -0.380 e. The second-order valence-electron chi connectivity index (χ2n) is 4.44.